The molecule has 0 saturated heterocycles. The summed E-state index contributed by atoms with van der Waals surface area (Å²) in [5.74, 6) is 0.846. The second-order valence-electron chi connectivity index (χ2n) is 5.49. The summed E-state index contributed by atoms with van der Waals surface area (Å²) in [4.78, 5) is 8.83. The highest BCUT2D eigenvalue weighted by atomic mass is 35.5. The maximum absolute atomic E-state index is 6.26. The van der Waals surface area contributed by atoms with Crippen LogP contribution in [0, 0.1) is 0 Å². The number of benzene rings is 1. The van der Waals surface area contributed by atoms with Gasteiger partial charge in [-0.25, -0.2) is 4.98 Å². The van der Waals surface area contributed by atoms with Crippen molar-refractivity contribution in [3.63, 3.8) is 0 Å². The Hall–Kier alpha value is -2.39. The maximum Gasteiger partial charge on any atom is 0.119 e. The van der Waals surface area contributed by atoms with Crippen LogP contribution in [0.4, 0.5) is 0 Å². The van der Waals surface area contributed by atoms with Gasteiger partial charge in [-0.2, -0.15) is 0 Å². The van der Waals surface area contributed by atoms with Crippen LogP contribution in [0.1, 0.15) is 13.8 Å². The van der Waals surface area contributed by atoms with Gasteiger partial charge in [-0.3, -0.25) is 4.98 Å². The molecular formula is C19H17ClN2O. The van der Waals surface area contributed by atoms with E-state index in [2.05, 4.69) is 4.98 Å². The number of hydrogen-bond acceptors (Lipinski definition) is 3. The summed E-state index contributed by atoms with van der Waals surface area (Å²) in [6.45, 7) is 4.01. The predicted molar refractivity (Wildman–Crippen MR) is 93.7 cm³/mol. The minimum Gasteiger partial charge on any atom is -0.491 e. The molecule has 0 aliphatic heterocycles. The van der Waals surface area contributed by atoms with Gasteiger partial charge in [0.15, 0.2) is 0 Å². The third-order valence-corrected chi connectivity index (χ3v) is 3.49. The second kappa shape index (κ2) is 6.80. The summed E-state index contributed by atoms with van der Waals surface area (Å²) >= 11 is 6.26. The molecule has 1 aromatic carbocycles. The first kappa shape index (κ1) is 15.5. The molecule has 0 fully saturated rings. The summed E-state index contributed by atoms with van der Waals surface area (Å²) in [5, 5.41) is 0.649. The lowest BCUT2D eigenvalue weighted by Gasteiger charge is -2.10. The number of rotatable bonds is 4. The lowest BCUT2D eigenvalue weighted by molar-refractivity contribution is 0.242. The third-order valence-electron chi connectivity index (χ3n) is 3.27. The van der Waals surface area contributed by atoms with E-state index < -0.39 is 0 Å². The molecule has 3 aromatic rings. The van der Waals surface area contributed by atoms with Gasteiger partial charge in [0.25, 0.3) is 0 Å². The van der Waals surface area contributed by atoms with Gasteiger partial charge in [0, 0.05) is 28.5 Å². The van der Waals surface area contributed by atoms with E-state index in [1.165, 1.54) is 0 Å². The van der Waals surface area contributed by atoms with E-state index in [1.54, 1.807) is 12.4 Å². The molecular weight excluding hydrogens is 308 g/mol. The smallest absolute Gasteiger partial charge is 0.119 e. The maximum atomic E-state index is 6.26. The minimum absolute atomic E-state index is 0.155. The molecule has 2 aromatic heterocycles. The van der Waals surface area contributed by atoms with Crippen LogP contribution >= 0.6 is 11.6 Å². The fraction of sp³-hybridized carbons (Fsp3) is 0.158. The third kappa shape index (κ3) is 3.88. The highest BCUT2D eigenvalue weighted by Crippen LogP contribution is 2.28. The van der Waals surface area contributed by atoms with Gasteiger partial charge < -0.3 is 4.74 Å². The molecule has 0 aliphatic rings. The standard InChI is InChI=1S/C19H17ClN2O/c1-13(2)23-17-7-5-14(6-8-17)18-10-16(20)11-19(22-18)15-4-3-9-21-12-15/h3-13H,1-2H3. The van der Waals surface area contributed by atoms with Crippen LogP contribution < -0.4 is 4.74 Å². The zero-order chi connectivity index (χ0) is 16.2. The van der Waals surface area contributed by atoms with E-state index >= 15 is 0 Å². The first-order chi connectivity index (χ1) is 11.1. The minimum atomic E-state index is 0.155. The molecule has 0 atom stereocenters. The van der Waals surface area contributed by atoms with Crippen molar-refractivity contribution in [3.8, 4) is 28.3 Å². The quantitative estimate of drug-likeness (QED) is 0.657. The summed E-state index contributed by atoms with van der Waals surface area (Å²) < 4.78 is 5.67. The molecule has 0 aliphatic carbocycles. The van der Waals surface area contributed by atoms with Crippen LogP contribution in [0.5, 0.6) is 5.75 Å². The second-order valence-corrected chi connectivity index (χ2v) is 5.92. The van der Waals surface area contributed by atoms with Crippen LogP contribution in [-0.4, -0.2) is 16.1 Å². The molecule has 0 amide bonds. The van der Waals surface area contributed by atoms with E-state index in [9.17, 15) is 0 Å². The average Bonchev–Trinajstić information content (AvgIpc) is 2.55. The van der Waals surface area contributed by atoms with Crippen molar-refractivity contribution in [2.75, 3.05) is 0 Å². The van der Waals surface area contributed by atoms with Gasteiger partial charge in [-0.15, -0.1) is 0 Å². The Kier molecular flexibility index (Phi) is 4.58. The number of nitrogens with zero attached hydrogens (tertiary/aromatic N) is 2. The average molecular weight is 325 g/mol. The van der Waals surface area contributed by atoms with Gasteiger partial charge in [0.2, 0.25) is 0 Å². The Morgan fingerprint density at radius 3 is 2.26 bits per heavy atom. The largest absolute Gasteiger partial charge is 0.491 e. The highest BCUT2D eigenvalue weighted by Gasteiger charge is 2.07. The van der Waals surface area contributed by atoms with Crippen LogP contribution in [0.2, 0.25) is 5.02 Å². The molecule has 0 saturated carbocycles. The Labute approximate surface area is 140 Å². The topological polar surface area (TPSA) is 35.0 Å². The molecule has 0 N–H and O–H groups in total. The zero-order valence-electron chi connectivity index (χ0n) is 13.0. The molecule has 4 heteroatoms. The molecule has 3 nitrogen and oxygen atoms in total. The SMILES string of the molecule is CC(C)Oc1ccc(-c2cc(Cl)cc(-c3cccnc3)n2)cc1. The van der Waals surface area contributed by atoms with Crippen LogP contribution in [0.25, 0.3) is 22.5 Å². The van der Waals surface area contributed by atoms with E-state index in [-0.39, 0.29) is 6.10 Å². The number of halogens is 1. The van der Waals surface area contributed by atoms with Crippen molar-refractivity contribution in [2.24, 2.45) is 0 Å². The van der Waals surface area contributed by atoms with Gasteiger partial charge >= 0.3 is 0 Å². The molecule has 23 heavy (non-hydrogen) atoms. The highest BCUT2D eigenvalue weighted by molar-refractivity contribution is 6.31. The van der Waals surface area contributed by atoms with Crippen molar-refractivity contribution >= 4 is 11.6 Å². The molecule has 0 bridgehead atoms. The van der Waals surface area contributed by atoms with Crippen molar-refractivity contribution in [3.05, 3.63) is 65.9 Å². The lowest BCUT2D eigenvalue weighted by Crippen LogP contribution is -2.05. The van der Waals surface area contributed by atoms with E-state index in [0.29, 0.717) is 5.02 Å². The van der Waals surface area contributed by atoms with Crippen molar-refractivity contribution in [1.82, 2.24) is 9.97 Å². The van der Waals surface area contributed by atoms with Crippen molar-refractivity contribution < 1.29 is 4.74 Å². The summed E-state index contributed by atoms with van der Waals surface area (Å²) in [6.07, 6.45) is 3.67. The van der Waals surface area contributed by atoms with Crippen molar-refractivity contribution in [1.29, 1.82) is 0 Å². The fourth-order valence-electron chi connectivity index (χ4n) is 2.28. The summed E-state index contributed by atoms with van der Waals surface area (Å²) in [7, 11) is 0. The number of pyridine rings is 2. The Balaban J connectivity index is 1.95. The number of ether oxygens (including phenoxy) is 1. The lowest BCUT2D eigenvalue weighted by atomic mass is 10.1. The number of hydrogen-bond donors (Lipinski definition) is 0. The molecule has 0 spiro atoms. The normalized spacial score (nSPS) is 10.8. The summed E-state index contributed by atoms with van der Waals surface area (Å²) in [6, 6.07) is 15.4. The first-order valence-electron chi connectivity index (χ1n) is 7.47. The Morgan fingerprint density at radius 1 is 0.957 bits per heavy atom. The van der Waals surface area contributed by atoms with Crippen LogP contribution in [0.15, 0.2) is 60.9 Å². The van der Waals surface area contributed by atoms with Gasteiger partial charge in [-0.05, 0) is 62.4 Å². The van der Waals surface area contributed by atoms with E-state index in [0.717, 1.165) is 28.3 Å². The Morgan fingerprint density at radius 2 is 1.65 bits per heavy atom. The Bertz CT molecular complexity index is 786. The van der Waals surface area contributed by atoms with Gasteiger partial charge in [0.1, 0.15) is 5.75 Å². The van der Waals surface area contributed by atoms with Gasteiger partial charge in [-0.1, -0.05) is 11.6 Å². The van der Waals surface area contributed by atoms with Gasteiger partial charge in [0.05, 0.1) is 17.5 Å². The molecule has 116 valence electrons. The first-order valence-corrected chi connectivity index (χ1v) is 7.85. The number of aromatic nitrogens is 2. The van der Waals surface area contributed by atoms with Crippen LogP contribution in [-0.2, 0) is 0 Å². The van der Waals surface area contributed by atoms with E-state index in [4.69, 9.17) is 21.3 Å². The molecule has 3 rings (SSSR count). The van der Waals surface area contributed by atoms with Crippen LogP contribution in [0.3, 0.4) is 0 Å². The fourth-order valence-corrected chi connectivity index (χ4v) is 2.49. The van der Waals surface area contributed by atoms with Crippen molar-refractivity contribution in [2.45, 2.75) is 20.0 Å². The monoisotopic (exact) mass is 324 g/mol. The van der Waals surface area contributed by atoms with E-state index in [1.807, 2.05) is 62.4 Å². The molecule has 0 radical (unpaired) electrons. The molecule has 0 unspecified atom stereocenters. The molecule has 2 heterocycles. The predicted octanol–water partition coefficient (Wildman–Crippen LogP) is 5.25. The zero-order valence-corrected chi connectivity index (χ0v) is 13.8. The summed E-state index contributed by atoms with van der Waals surface area (Å²) in [5.41, 5.74) is 3.57.